The molecule has 0 heterocycles. The Morgan fingerprint density at radius 3 is 2.50 bits per heavy atom. The number of rotatable bonds is 3. The van der Waals surface area contributed by atoms with Gasteiger partial charge in [-0.3, -0.25) is 4.84 Å². The van der Waals surface area contributed by atoms with Gasteiger partial charge in [-0.25, -0.2) is 19.1 Å². The van der Waals surface area contributed by atoms with Crippen LogP contribution in [0.2, 0.25) is 0 Å². The molecule has 1 rings (SSSR count). The minimum Gasteiger partial charge on any atom is -0.300 e. The lowest BCUT2D eigenvalue weighted by atomic mass is 10.1. The highest BCUT2D eigenvalue weighted by Gasteiger charge is 2.16. The second-order valence-corrected chi connectivity index (χ2v) is 2.92. The van der Waals surface area contributed by atoms with Crippen molar-refractivity contribution in [3.63, 3.8) is 0 Å². The molecule has 5 heteroatoms. The molecule has 1 aromatic carbocycles. The van der Waals surface area contributed by atoms with Crippen LogP contribution in [0.1, 0.15) is 23.1 Å². The first-order valence-electron chi connectivity index (χ1n) is 3.95. The molecule has 2 N–H and O–H groups in total. The molecule has 0 aliphatic carbocycles. The van der Waals surface area contributed by atoms with Crippen molar-refractivity contribution in [2.45, 2.75) is 20.0 Å². The largest absolute Gasteiger partial charge is 0.300 e. The molecule has 78 valence electrons. The van der Waals surface area contributed by atoms with Crippen molar-refractivity contribution in [3.8, 4) is 0 Å². The number of nitrogens with two attached hydrogens (primary N) is 1. The van der Waals surface area contributed by atoms with Crippen LogP contribution in [0, 0.1) is 12.7 Å². The molecule has 0 bridgehead atoms. The first kappa shape index (κ1) is 11.0. The quantitative estimate of drug-likeness (QED) is 0.769. The van der Waals surface area contributed by atoms with E-state index in [0.29, 0.717) is 5.56 Å². The minimum atomic E-state index is -2.80. The predicted molar refractivity (Wildman–Crippen MR) is 45.1 cm³/mol. The number of aryl methyl sites for hydroxylation is 1. The standard InChI is InChI=1S/C9H10F3NO/c1-5-2-6(4-14-13)3-7(10)8(5)9(11)12/h2-3,9H,4,13H2,1H3. The van der Waals surface area contributed by atoms with Crippen LogP contribution in [-0.2, 0) is 11.4 Å². The number of hydrogen-bond donors (Lipinski definition) is 1. The Balaban J connectivity index is 3.11. The van der Waals surface area contributed by atoms with Gasteiger partial charge in [0.1, 0.15) is 5.82 Å². The van der Waals surface area contributed by atoms with Gasteiger partial charge in [0.25, 0.3) is 6.43 Å². The van der Waals surface area contributed by atoms with E-state index in [4.69, 9.17) is 5.90 Å². The van der Waals surface area contributed by atoms with Gasteiger partial charge in [-0.05, 0) is 24.1 Å². The maximum absolute atomic E-state index is 13.1. The Morgan fingerprint density at radius 2 is 2.07 bits per heavy atom. The molecule has 0 aliphatic rings. The monoisotopic (exact) mass is 205 g/mol. The van der Waals surface area contributed by atoms with Gasteiger partial charge in [0.05, 0.1) is 12.2 Å². The fraction of sp³-hybridized carbons (Fsp3) is 0.333. The van der Waals surface area contributed by atoms with Crippen LogP contribution in [-0.4, -0.2) is 0 Å². The van der Waals surface area contributed by atoms with Crippen LogP contribution in [0.15, 0.2) is 12.1 Å². The summed E-state index contributed by atoms with van der Waals surface area (Å²) in [4.78, 5) is 4.28. The van der Waals surface area contributed by atoms with Crippen molar-refractivity contribution >= 4 is 0 Å². The van der Waals surface area contributed by atoms with Crippen molar-refractivity contribution in [1.82, 2.24) is 0 Å². The third kappa shape index (κ3) is 2.24. The Morgan fingerprint density at radius 1 is 1.43 bits per heavy atom. The SMILES string of the molecule is Cc1cc(CON)cc(F)c1C(F)F. The summed E-state index contributed by atoms with van der Waals surface area (Å²) in [7, 11) is 0. The second kappa shape index (κ2) is 4.43. The van der Waals surface area contributed by atoms with Gasteiger partial charge in [-0.15, -0.1) is 0 Å². The van der Waals surface area contributed by atoms with E-state index in [1.807, 2.05) is 0 Å². The fourth-order valence-corrected chi connectivity index (χ4v) is 1.28. The summed E-state index contributed by atoms with van der Waals surface area (Å²) in [6.07, 6.45) is -2.80. The third-order valence-corrected chi connectivity index (χ3v) is 1.86. The molecule has 0 aromatic heterocycles. The molecule has 2 nitrogen and oxygen atoms in total. The van der Waals surface area contributed by atoms with Crippen LogP contribution in [0.3, 0.4) is 0 Å². The zero-order valence-electron chi connectivity index (χ0n) is 7.56. The number of hydrogen-bond acceptors (Lipinski definition) is 2. The molecule has 0 saturated heterocycles. The summed E-state index contributed by atoms with van der Waals surface area (Å²) in [6, 6.07) is 2.43. The zero-order chi connectivity index (χ0) is 10.7. The third-order valence-electron chi connectivity index (χ3n) is 1.86. The Kier molecular flexibility index (Phi) is 3.49. The molecule has 0 radical (unpaired) electrons. The van der Waals surface area contributed by atoms with Crippen molar-refractivity contribution in [2.24, 2.45) is 5.90 Å². The number of alkyl halides is 2. The van der Waals surface area contributed by atoms with Crippen LogP contribution < -0.4 is 5.90 Å². The van der Waals surface area contributed by atoms with E-state index < -0.39 is 17.8 Å². The molecule has 14 heavy (non-hydrogen) atoms. The van der Waals surface area contributed by atoms with Gasteiger partial charge in [0.15, 0.2) is 0 Å². The highest BCUT2D eigenvalue weighted by atomic mass is 19.3. The molecule has 0 spiro atoms. The van der Waals surface area contributed by atoms with Crippen LogP contribution in [0.25, 0.3) is 0 Å². The summed E-state index contributed by atoms with van der Waals surface area (Å²) in [5.74, 6) is 3.86. The fourth-order valence-electron chi connectivity index (χ4n) is 1.28. The molecule has 1 aromatic rings. The van der Waals surface area contributed by atoms with E-state index in [2.05, 4.69) is 4.84 Å². The molecular weight excluding hydrogens is 195 g/mol. The first-order chi connectivity index (χ1) is 6.56. The maximum atomic E-state index is 13.1. The number of halogens is 3. The van der Waals surface area contributed by atoms with Crippen molar-refractivity contribution in [3.05, 3.63) is 34.6 Å². The Bertz CT molecular complexity index is 305. The molecular formula is C9H10F3NO. The van der Waals surface area contributed by atoms with Crippen molar-refractivity contribution in [2.75, 3.05) is 0 Å². The molecule has 0 amide bonds. The van der Waals surface area contributed by atoms with Crippen molar-refractivity contribution < 1.29 is 18.0 Å². The summed E-state index contributed by atoms with van der Waals surface area (Å²) < 4.78 is 37.7. The maximum Gasteiger partial charge on any atom is 0.266 e. The van der Waals surface area contributed by atoms with Gasteiger partial charge >= 0.3 is 0 Å². The summed E-state index contributed by atoms with van der Waals surface area (Å²) in [5.41, 5.74) is 0.0738. The lowest BCUT2D eigenvalue weighted by Gasteiger charge is -2.08. The van der Waals surface area contributed by atoms with Gasteiger partial charge in [0, 0.05) is 0 Å². The van der Waals surface area contributed by atoms with E-state index in [-0.39, 0.29) is 12.2 Å². The van der Waals surface area contributed by atoms with Crippen LogP contribution in [0.5, 0.6) is 0 Å². The smallest absolute Gasteiger partial charge is 0.266 e. The van der Waals surface area contributed by atoms with Crippen molar-refractivity contribution in [1.29, 1.82) is 0 Å². The van der Waals surface area contributed by atoms with Gasteiger partial charge < -0.3 is 0 Å². The predicted octanol–water partition coefficient (Wildman–Crippen LogP) is 2.46. The van der Waals surface area contributed by atoms with E-state index in [9.17, 15) is 13.2 Å². The van der Waals surface area contributed by atoms with Crippen LogP contribution in [0.4, 0.5) is 13.2 Å². The van der Waals surface area contributed by atoms with E-state index in [1.54, 1.807) is 0 Å². The topological polar surface area (TPSA) is 35.2 Å². The summed E-state index contributed by atoms with van der Waals surface area (Å²) in [5, 5.41) is 0. The normalized spacial score (nSPS) is 11.0. The van der Waals surface area contributed by atoms with E-state index in [0.717, 1.165) is 6.07 Å². The van der Waals surface area contributed by atoms with E-state index in [1.165, 1.54) is 13.0 Å². The molecule has 0 atom stereocenters. The average molecular weight is 205 g/mol. The molecule has 0 unspecified atom stereocenters. The molecule has 0 fully saturated rings. The second-order valence-electron chi connectivity index (χ2n) is 2.92. The zero-order valence-corrected chi connectivity index (χ0v) is 7.56. The lowest BCUT2D eigenvalue weighted by Crippen LogP contribution is -2.02. The molecule has 0 saturated carbocycles. The van der Waals surface area contributed by atoms with Gasteiger partial charge in [-0.1, -0.05) is 6.07 Å². The Labute approximate surface area is 79.4 Å². The number of benzene rings is 1. The average Bonchev–Trinajstić information content (AvgIpc) is 2.01. The first-order valence-corrected chi connectivity index (χ1v) is 3.95. The summed E-state index contributed by atoms with van der Waals surface area (Å²) >= 11 is 0. The van der Waals surface area contributed by atoms with Gasteiger partial charge in [-0.2, -0.15) is 0 Å². The lowest BCUT2D eigenvalue weighted by molar-refractivity contribution is 0.123. The van der Waals surface area contributed by atoms with Gasteiger partial charge in [0.2, 0.25) is 0 Å². The Hall–Kier alpha value is -1.07. The summed E-state index contributed by atoms with van der Waals surface area (Å²) in [6.45, 7) is 1.42. The minimum absolute atomic E-state index is 0.00127. The highest BCUT2D eigenvalue weighted by Crippen LogP contribution is 2.26. The highest BCUT2D eigenvalue weighted by molar-refractivity contribution is 5.33. The molecule has 0 aliphatic heterocycles. The van der Waals surface area contributed by atoms with Crippen LogP contribution >= 0.6 is 0 Å². The van der Waals surface area contributed by atoms with E-state index >= 15 is 0 Å².